The van der Waals surface area contributed by atoms with Gasteiger partial charge in [0.1, 0.15) is 0 Å². The van der Waals surface area contributed by atoms with E-state index in [4.69, 9.17) is 0 Å². The third kappa shape index (κ3) is 3.19. The zero-order valence-corrected chi connectivity index (χ0v) is 9.91. The maximum atomic E-state index is 11.7. The molecule has 0 aliphatic carbocycles. The van der Waals surface area contributed by atoms with Crippen molar-refractivity contribution in [1.82, 2.24) is 25.5 Å². The molecule has 0 saturated heterocycles. The molecule has 0 aliphatic rings. The monoisotopic (exact) mass is 229 g/mol. The fourth-order valence-electron chi connectivity index (χ4n) is 1.09. The number of H-pyrrole nitrogens is 1. The van der Waals surface area contributed by atoms with E-state index in [1.54, 1.807) is 23.7 Å². The molecule has 1 N–H and O–H groups in total. The summed E-state index contributed by atoms with van der Waals surface area (Å²) in [6.45, 7) is 2.01. The van der Waals surface area contributed by atoms with E-state index in [1.807, 2.05) is 13.2 Å². The summed E-state index contributed by atoms with van der Waals surface area (Å²) in [5, 5.41) is 12.9. The van der Waals surface area contributed by atoms with Crippen LogP contribution in [-0.2, 0) is 0 Å². The average Bonchev–Trinajstić information content (AvgIpc) is 2.77. The number of nitrogens with one attached hydrogen (secondary N) is 1. The minimum absolute atomic E-state index is 0.119. The largest absolute Gasteiger partial charge is 0.336 e. The van der Waals surface area contributed by atoms with E-state index in [-0.39, 0.29) is 17.8 Å². The first kappa shape index (κ1) is 12.0. The lowest BCUT2D eigenvalue weighted by Crippen LogP contribution is -2.36. The van der Waals surface area contributed by atoms with Gasteiger partial charge in [-0.05, 0) is 30.6 Å². The molecule has 0 spiro atoms. The van der Waals surface area contributed by atoms with Crippen LogP contribution in [0.15, 0.2) is 0 Å². The molecule has 15 heavy (non-hydrogen) atoms. The topological polar surface area (TPSA) is 74.8 Å². The molecule has 1 rings (SSSR count). The molecule has 1 heterocycles. The lowest BCUT2D eigenvalue weighted by molar-refractivity contribution is 0.0729. The van der Waals surface area contributed by atoms with Crippen molar-refractivity contribution in [2.45, 2.75) is 19.4 Å². The van der Waals surface area contributed by atoms with E-state index in [1.165, 1.54) is 0 Å². The molecule has 0 aromatic carbocycles. The van der Waals surface area contributed by atoms with E-state index in [0.29, 0.717) is 0 Å². The lowest BCUT2D eigenvalue weighted by Gasteiger charge is -2.23. The van der Waals surface area contributed by atoms with Crippen molar-refractivity contribution in [3.8, 4) is 0 Å². The fraction of sp³-hybridized carbons (Fsp3) is 0.750. The molecule has 0 bridgehead atoms. The number of amides is 1. The Bertz CT molecular complexity index is 302. The second-order valence-electron chi connectivity index (χ2n) is 3.28. The van der Waals surface area contributed by atoms with Gasteiger partial charge in [0.05, 0.1) is 0 Å². The Morgan fingerprint density at radius 1 is 1.67 bits per heavy atom. The number of hydrogen-bond acceptors (Lipinski definition) is 5. The first-order valence-corrected chi connectivity index (χ1v) is 6.05. The summed E-state index contributed by atoms with van der Waals surface area (Å²) >= 11 is 1.77. The van der Waals surface area contributed by atoms with E-state index < -0.39 is 0 Å². The smallest absolute Gasteiger partial charge is 0.295 e. The summed E-state index contributed by atoms with van der Waals surface area (Å²) in [7, 11) is 1.75. The Morgan fingerprint density at radius 3 is 2.93 bits per heavy atom. The summed E-state index contributed by atoms with van der Waals surface area (Å²) in [4.78, 5) is 13.4. The molecule has 1 aromatic rings. The second kappa shape index (κ2) is 5.69. The summed E-state index contributed by atoms with van der Waals surface area (Å²) < 4.78 is 0. The van der Waals surface area contributed by atoms with Gasteiger partial charge in [-0.3, -0.25) is 4.79 Å². The number of aromatic amines is 1. The van der Waals surface area contributed by atoms with E-state index in [9.17, 15) is 4.79 Å². The number of thioether (sulfide) groups is 1. The highest BCUT2D eigenvalue weighted by Crippen LogP contribution is 2.07. The molecule has 7 heteroatoms. The van der Waals surface area contributed by atoms with Gasteiger partial charge in [-0.2, -0.15) is 17.0 Å². The fourth-order valence-corrected chi connectivity index (χ4v) is 1.67. The highest BCUT2D eigenvalue weighted by molar-refractivity contribution is 7.98. The molecule has 0 radical (unpaired) electrons. The first-order chi connectivity index (χ1) is 7.16. The van der Waals surface area contributed by atoms with Crippen LogP contribution >= 0.6 is 11.8 Å². The van der Waals surface area contributed by atoms with Crippen LogP contribution in [0.5, 0.6) is 0 Å². The van der Waals surface area contributed by atoms with Crippen LogP contribution < -0.4 is 0 Å². The lowest BCUT2D eigenvalue weighted by atomic mass is 10.2. The zero-order chi connectivity index (χ0) is 11.3. The Kier molecular flexibility index (Phi) is 4.54. The van der Waals surface area contributed by atoms with Gasteiger partial charge in [0.25, 0.3) is 11.7 Å². The van der Waals surface area contributed by atoms with E-state index >= 15 is 0 Å². The predicted molar refractivity (Wildman–Crippen MR) is 58.7 cm³/mol. The number of carbonyl (C=O) groups is 1. The summed E-state index contributed by atoms with van der Waals surface area (Å²) in [5.41, 5.74) is 0. The Morgan fingerprint density at radius 2 is 2.40 bits per heavy atom. The molecule has 84 valence electrons. The van der Waals surface area contributed by atoms with Gasteiger partial charge in [0, 0.05) is 13.1 Å². The molecule has 0 saturated carbocycles. The van der Waals surface area contributed by atoms with Crippen molar-refractivity contribution >= 4 is 17.7 Å². The van der Waals surface area contributed by atoms with Crippen LogP contribution in [0.1, 0.15) is 24.0 Å². The van der Waals surface area contributed by atoms with Crippen LogP contribution in [0.3, 0.4) is 0 Å². The van der Waals surface area contributed by atoms with Crippen molar-refractivity contribution in [3.63, 3.8) is 0 Å². The molecule has 1 aromatic heterocycles. The highest BCUT2D eigenvalue weighted by Gasteiger charge is 2.20. The second-order valence-corrected chi connectivity index (χ2v) is 4.27. The Balaban J connectivity index is 2.52. The summed E-state index contributed by atoms with van der Waals surface area (Å²) in [6, 6.07) is 0.184. The molecular formula is C8H15N5OS. The van der Waals surface area contributed by atoms with Crippen LogP contribution in [-0.4, -0.2) is 56.5 Å². The van der Waals surface area contributed by atoms with Gasteiger partial charge in [0.15, 0.2) is 0 Å². The quantitative estimate of drug-likeness (QED) is 0.791. The minimum Gasteiger partial charge on any atom is -0.336 e. The van der Waals surface area contributed by atoms with Crippen molar-refractivity contribution in [1.29, 1.82) is 0 Å². The first-order valence-electron chi connectivity index (χ1n) is 4.66. The number of aromatic nitrogens is 4. The Hall–Kier alpha value is -1.11. The van der Waals surface area contributed by atoms with Crippen molar-refractivity contribution in [2.75, 3.05) is 19.1 Å². The van der Waals surface area contributed by atoms with E-state index in [2.05, 4.69) is 20.6 Å². The molecule has 1 unspecified atom stereocenters. The maximum Gasteiger partial charge on any atom is 0.295 e. The summed E-state index contributed by atoms with van der Waals surface area (Å²) in [5.74, 6) is 0.955. The average molecular weight is 229 g/mol. The van der Waals surface area contributed by atoms with Crippen LogP contribution in [0.25, 0.3) is 0 Å². The van der Waals surface area contributed by atoms with Crippen LogP contribution in [0.2, 0.25) is 0 Å². The van der Waals surface area contributed by atoms with E-state index in [0.717, 1.165) is 12.2 Å². The van der Waals surface area contributed by atoms with Gasteiger partial charge in [-0.25, -0.2) is 0 Å². The SMILES string of the molecule is CSCCC(C)N(C)C(=O)c1nn[nH]n1. The van der Waals surface area contributed by atoms with Crippen molar-refractivity contribution in [3.05, 3.63) is 5.82 Å². The van der Waals surface area contributed by atoms with Crippen molar-refractivity contribution < 1.29 is 4.79 Å². The predicted octanol–water partition coefficient (Wildman–Crippen LogP) is 0.413. The van der Waals surface area contributed by atoms with Crippen LogP contribution in [0, 0.1) is 0 Å². The molecule has 0 fully saturated rings. The standard InChI is InChI=1S/C8H15N5OS/c1-6(4-5-15-3)13(2)8(14)7-9-11-12-10-7/h6H,4-5H2,1-3H3,(H,9,10,11,12). The maximum absolute atomic E-state index is 11.7. The molecule has 0 aliphatic heterocycles. The normalized spacial score (nSPS) is 12.5. The van der Waals surface area contributed by atoms with Crippen molar-refractivity contribution in [2.24, 2.45) is 0 Å². The summed E-state index contributed by atoms with van der Waals surface area (Å²) in [6.07, 6.45) is 3.01. The number of carbonyl (C=O) groups excluding carboxylic acids is 1. The highest BCUT2D eigenvalue weighted by atomic mass is 32.2. The van der Waals surface area contributed by atoms with Gasteiger partial charge >= 0.3 is 0 Å². The van der Waals surface area contributed by atoms with Gasteiger partial charge < -0.3 is 4.90 Å². The third-order valence-electron chi connectivity index (χ3n) is 2.26. The third-order valence-corrected chi connectivity index (χ3v) is 2.90. The molecular weight excluding hydrogens is 214 g/mol. The number of tetrazole rings is 1. The minimum atomic E-state index is -0.197. The van der Waals surface area contributed by atoms with Crippen LogP contribution in [0.4, 0.5) is 0 Å². The zero-order valence-electron chi connectivity index (χ0n) is 9.10. The number of rotatable bonds is 5. The number of hydrogen-bond donors (Lipinski definition) is 1. The number of nitrogens with zero attached hydrogens (tertiary/aromatic N) is 4. The molecule has 1 atom stereocenters. The van der Waals surface area contributed by atoms with Gasteiger partial charge in [-0.15, -0.1) is 10.2 Å². The molecule has 1 amide bonds. The Labute approximate surface area is 92.8 Å². The van der Waals surface area contributed by atoms with Gasteiger partial charge in [0.2, 0.25) is 0 Å². The van der Waals surface area contributed by atoms with Gasteiger partial charge in [-0.1, -0.05) is 0 Å². The molecule has 6 nitrogen and oxygen atoms in total.